The van der Waals surface area contributed by atoms with Crippen LogP contribution in [0.25, 0.3) is 6.08 Å². The van der Waals surface area contributed by atoms with Crippen LogP contribution in [0.15, 0.2) is 51.5 Å². The van der Waals surface area contributed by atoms with Gasteiger partial charge in [-0.15, -0.1) is 0 Å². The molecule has 0 aliphatic rings. The molecule has 0 saturated heterocycles. The number of ether oxygens (including phenoxy) is 1. The Hall–Kier alpha value is -1.37. The van der Waals surface area contributed by atoms with Gasteiger partial charge in [0.2, 0.25) is 6.20 Å². The highest BCUT2D eigenvalue weighted by atomic mass is 79.9. The normalized spacial score (nSPS) is 10.9. The summed E-state index contributed by atoms with van der Waals surface area (Å²) in [4.78, 5) is 9.85. The molecule has 0 atom stereocenters. The minimum atomic E-state index is -0.510. The summed E-state index contributed by atoms with van der Waals surface area (Å²) in [7, 11) is 0. The quantitative estimate of drug-likeness (QED) is 0.437. The monoisotopic (exact) mass is 445 g/mol. The third kappa shape index (κ3) is 4.56. The van der Waals surface area contributed by atoms with Crippen LogP contribution >= 0.6 is 43.5 Å². The van der Waals surface area contributed by atoms with Gasteiger partial charge < -0.3 is 4.74 Å². The highest BCUT2D eigenvalue weighted by Gasteiger charge is 2.10. The van der Waals surface area contributed by atoms with Gasteiger partial charge in [-0.05, 0) is 55.6 Å². The molecule has 0 amide bonds. The number of hydrogen-bond donors (Lipinski definition) is 0. The van der Waals surface area contributed by atoms with Gasteiger partial charge in [-0.1, -0.05) is 29.8 Å². The summed E-state index contributed by atoms with van der Waals surface area (Å²) in [6, 6.07) is 10.9. The van der Waals surface area contributed by atoms with Crippen molar-refractivity contribution in [2.75, 3.05) is 0 Å². The maximum absolute atomic E-state index is 10.4. The van der Waals surface area contributed by atoms with E-state index in [0.29, 0.717) is 31.9 Å². The predicted molar refractivity (Wildman–Crippen MR) is 93.7 cm³/mol. The highest BCUT2D eigenvalue weighted by molar-refractivity contribution is 9.11. The highest BCUT2D eigenvalue weighted by Crippen LogP contribution is 2.36. The van der Waals surface area contributed by atoms with E-state index in [-0.39, 0.29) is 0 Å². The molecule has 0 bridgehead atoms. The van der Waals surface area contributed by atoms with Gasteiger partial charge >= 0.3 is 0 Å². The second kappa shape index (κ2) is 7.76. The average molecular weight is 448 g/mol. The molecule has 0 N–H and O–H groups in total. The number of hydrogen-bond acceptors (Lipinski definition) is 3. The zero-order valence-corrected chi connectivity index (χ0v) is 15.1. The minimum Gasteiger partial charge on any atom is -0.486 e. The minimum absolute atomic E-state index is 0.320. The van der Waals surface area contributed by atoms with E-state index in [2.05, 4.69) is 31.9 Å². The third-order valence-electron chi connectivity index (χ3n) is 2.74. The van der Waals surface area contributed by atoms with Crippen LogP contribution in [0.5, 0.6) is 5.75 Å². The maximum atomic E-state index is 10.4. The van der Waals surface area contributed by atoms with Gasteiger partial charge in [-0.3, -0.25) is 10.1 Å². The van der Waals surface area contributed by atoms with Crippen LogP contribution in [-0.4, -0.2) is 4.92 Å². The molecule has 2 aromatic carbocycles. The summed E-state index contributed by atoms with van der Waals surface area (Å²) < 4.78 is 7.16. The molecule has 2 aromatic rings. The van der Waals surface area contributed by atoms with E-state index in [0.717, 1.165) is 11.8 Å². The average Bonchev–Trinajstić information content (AvgIpc) is 2.46. The molecule has 0 saturated carbocycles. The van der Waals surface area contributed by atoms with Crippen LogP contribution in [0, 0.1) is 10.1 Å². The van der Waals surface area contributed by atoms with Gasteiger partial charge in [0.1, 0.15) is 12.4 Å². The fourth-order valence-electron chi connectivity index (χ4n) is 1.73. The summed E-state index contributed by atoms with van der Waals surface area (Å²) >= 11 is 12.9. The number of benzene rings is 2. The molecular weight excluding hydrogens is 437 g/mol. The van der Waals surface area contributed by atoms with Gasteiger partial charge in [-0.2, -0.15) is 0 Å². The number of nitro groups is 1. The first-order chi connectivity index (χ1) is 10.5. The Balaban J connectivity index is 2.18. The molecule has 4 nitrogen and oxygen atoms in total. The van der Waals surface area contributed by atoms with Gasteiger partial charge in [0.15, 0.2) is 0 Å². The smallest absolute Gasteiger partial charge is 0.235 e. The van der Waals surface area contributed by atoms with Crippen molar-refractivity contribution in [2.24, 2.45) is 0 Å². The van der Waals surface area contributed by atoms with Crippen molar-refractivity contribution in [1.29, 1.82) is 0 Å². The summed E-state index contributed by atoms with van der Waals surface area (Å²) in [5.74, 6) is 0.609. The first-order valence-electron chi connectivity index (χ1n) is 6.14. The van der Waals surface area contributed by atoms with Crippen LogP contribution in [0.1, 0.15) is 11.1 Å². The first-order valence-corrected chi connectivity index (χ1v) is 8.10. The summed E-state index contributed by atoms with van der Waals surface area (Å²) in [5, 5.41) is 11.0. The van der Waals surface area contributed by atoms with E-state index in [1.807, 2.05) is 18.2 Å². The van der Waals surface area contributed by atoms with E-state index in [1.54, 1.807) is 18.2 Å². The van der Waals surface area contributed by atoms with Crippen molar-refractivity contribution in [3.8, 4) is 5.75 Å². The molecule has 0 fully saturated rings. The van der Waals surface area contributed by atoms with Crippen molar-refractivity contribution < 1.29 is 9.66 Å². The predicted octanol–water partition coefficient (Wildman–Crippen LogP) is 5.69. The molecule has 22 heavy (non-hydrogen) atoms. The Bertz CT molecular complexity index is 711. The molecular formula is C15H10Br2ClNO3. The van der Waals surface area contributed by atoms with E-state index in [9.17, 15) is 10.1 Å². The Morgan fingerprint density at radius 2 is 1.86 bits per heavy atom. The van der Waals surface area contributed by atoms with Crippen molar-refractivity contribution in [3.05, 3.63) is 77.8 Å². The second-order valence-electron chi connectivity index (χ2n) is 4.29. The van der Waals surface area contributed by atoms with E-state index < -0.39 is 4.92 Å². The van der Waals surface area contributed by atoms with Gasteiger partial charge in [0, 0.05) is 16.7 Å². The van der Waals surface area contributed by atoms with Gasteiger partial charge in [0.25, 0.3) is 0 Å². The van der Waals surface area contributed by atoms with E-state index in [4.69, 9.17) is 16.3 Å². The number of nitrogens with zero attached hydrogens (tertiary/aromatic N) is 1. The van der Waals surface area contributed by atoms with Crippen molar-refractivity contribution in [2.45, 2.75) is 6.61 Å². The molecule has 0 radical (unpaired) electrons. The van der Waals surface area contributed by atoms with Gasteiger partial charge in [0.05, 0.1) is 13.9 Å². The van der Waals surface area contributed by atoms with Crippen molar-refractivity contribution in [1.82, 2.24) is 0 Å². The van der Waals surface area contributed by atoms with Crippen molar-refractivity contribution in [3.63, 3.8) is 0 Å². The lowest BCUT2D eigenvalue weighted by Gasteiger charge is -2.12. The number of rotatable bonds is 5. The van der Waals surface area contributed by atoms with Crippen LogP contribution in [0.4, 0.5) is 0 Å². The third-order valence-corrected chi connectivity index (χ3v) is 4.29. The lowest BCUT2D eigenvalue weighted by atomic mass is 10.2. The molecule has 2 rings (SSSR count). The molecule has 114 valence electrons. The summed E-state index contributed by atoms with van der Waals surface area (Å²) in [5.41, 5.74) is 1.56. The Kier molecular flexibility index (Phi) is 5.99. The van der Waals surface area contributed by atoms with Crippen molar-refractivity contribution >= 4 is 49.5 Å². The lowest BCUT2D eigenvalue weighted by molar-refractivity contribution is -0.400. The molecule has 7 heteroatoms. The molecule has 0 spiro atoms. The lowest BCUT2D eigenvalue weighted by Crippen LogP contribution is -1.98. The zero-order chi connectivity index (χ0) is 16.1. The molecule has 0 aliphatic carbocycles. The second-order valence-corrected chi connectivity index (χ2v) is 6.41. The van der Waals surface area contributed by atoms with Gasteiger partial charge in [-0.25, -0.2) is 0 Å². The van der Waals surface area contributed by atoms with E-state index >= 15 is 0 Å². The summed E-state index contributed by atoms with van der Waals surface area (Å²) in [6.07, 6.45) is 2.30. The molecule has 0 heterocycles. The van der Waals surface area contributed by atoms with Crippen LogP contribution in [0.2, 0.25) is 5.02 Å². The fraction of sp³-hybridized carbons (Fsp3) is 0.0667. The molecule has 0 unspecified atom stereocenters. The Labute approximate surface area is 149 Å². The maximum Gasteiger partial charge on any atom is 0.235 e. The first kappa shape index (κ1) is 17.0. The topological polar surface area (TPSA) is 52.4 Å². The molecule has 0 aromatic heterocycles. The standard InChI is InChI=1S/C15H10Br2ClNO3/c16-12-7-10(5-6-19(20)21)8-13(17)15(12)22-9-11-3-1-2-4-14(11)18/h1-8H,9H2/b6-5+. The van der Waals surface area contributed by atoms with Crippen LogP contribution < -0.4 is 4.74 Å². The zero-order valence-electron chi connectivity index (χ0n) is 11.1. The Morgan fingerprint density at radius 1 is 1.23 bits per heavy atom. The fourth-order valence-corrected chi connectivity index (χ4v) is 3.37. The van der Waals surface area contributed by atoms with E-state index in [1.165, 1.54) is 6.08 Å². The van der Waals surface area contributed by atoms with Crippen LogP contribution in [0.3, 0.4) is 0 Å². The largest absolute Gasteiger partial charge is 0.486 e. The Morgan fingerprint density at radius 3 is 2.45 bits per heavy atom. The molecule has 0 aliphatic heterocycles. The summed E-state index contributed by atoms with van der Waals surface area (Å²) in [6.45, 7) is 0.320. The number of halogens is 3. The van der Waals surface area contributed by atoms with Crippen LogP contribution in [-0.2, 0) is 6.61 Å². The SMILES string of the molecule is O=[N+]([O-])/C=C/c1cc(Br)c(OCc2ccccc2Cl)c(Br)c1.